The van der Waals surface area contributed by atoms with Gasteiger partial charge < -0.3 is 14.5 Å². The van der Waals surface area contributed by atoms with Gasteiger partial charge in [0.25, 0.3) is 0 Å². The van der Waals surface area contributed by atoms with Gasteiger partial charge in [0.15, 0.2) is 0 Å². The zero-order chi connectivity index (χ0) is 11.9. The van der Waals surface area contributed by atoms with E-state index in [9.17, 15) is 0 Å². The van der Waals surface area contributed by atoms with Gasteiger partial charge >= 0.3 is 0 Å². The molecule has 0 spiro atoms. The van der Waals surface area contributed by atoms with Crippen LogP contribution in [0.25, 0.3) is 0 Å². The summed E-state index contributed by atoms with van der Waals surface area (Å²) in [6, 6.07) is 0. The van der Waals surface area contributed by atoms with Crippen molar-refractivity contribution >= 4 is 0 Å². The van der Waals surface area contributed by atoms with Crippen molar-refractivity contribution in [1.29, 1.82) is 0 Å². The third-order valence-corrected chi connectivity index (χ3v) is 2.67. The Morgan fingerprint density at radius 2 is 2.24 bits per heavy atom. The van der Waals surface area contributed by atoms with Crippen LogP contribution < -0.4 is 5.32 Å². The third-order valence-electron chi connectivity index (χ3n) is 2.67. The molecule has 0 radical (unpaired) electrons. The molecule has 92 valence electrons. The second-order valence-corrected chi connectivity index (χ2v) is 4.04. The molecular formula is C11H18N6. The number of hydrogen-bond acceptors (Lipinski definition) is 4. The normalized spacial score (nSPS) is 10.9. The molecule has 17 heavy (non-hydrogen) atoms. The van der Waals surface area contributed by atoms with Crippen molar-refractivity contribution in [3.8, 4) is 0 Å². The molecule has 0 aliphatic heterocycles. The maximum Gasteiger partial charge on any atom is 0.146 e. The molecule has 2 rings (SSSR count). The van der Waals surface area contributed by atoms with Crippen molar-refractivity contribution in [1.82, 2.24) is 29.6 Å². The number of imidazole rings is 1. The molecule has 0 aliphatic carbocycles. The minimum absolute atomic E-state index is 0.779. The molecule has 0 unspecified atom stereocenters. The van der Waals surface area contributed by atoms with E-state index in [1.54, 1.807) is 6.33 Å². The predicted molar refractivity (Wildman–Crippen MR) is 64.2 cm³/mol. The highest BCUT2D eigenvalue weighted by molar-refractivity contribution is 4.82. The lowest BCUT2D eigenvalue weighted by Crippen LogP contribution is -2.17. The first kappa shape index (κ1) is 11.8. The number of hydrogen-bond donors (Lipinski definition) is 1. The second kappa shape index (κ2) is 6.15. The van der Waals surface area contributed by atoms with E-state index in [0.717, 1.165) is 38.3 Å². The Balaban J connectivity index is 1.54. The molecular weight excluding hydrogens is 216 g/mol. The van der Waals surface area contributed by atoms with Gasteiger partial charge in [-0.25, -0.2) is 4.98 Å². The average molecular weight is 234 g/mol. The first-order chi connectivity index (χ1) is 8.36. The first-order valence-corrected chi connectivity index (χ1v) is 5.85. The molecule has 0 amide bonds. The molecule has 0 aliphatic rings. The fraction of sp³-hybridized carbons (Fsp3) is 0.545. The number of aromatic nitrogens is 5. The molecule has 0 atom stereocenters. The van der Waals surface area contributed by atoms with Gasteiger partial charge in [0.1, 0.15) is 12.2 Å². The molecule has 0 aromatic carbocycles. The SMILES string of the molecule is Cn1cnnc1CNCCCCn1ccnc1. The summed E-state index contributed by atoms with van der Waals surface area (Å²) in [5.74, 6) is 0.972. The van der Waals surface area contributed by atoms with Gasteiger partial charge in [-0.15, -0.1) is 10.2 Å². The Hall–Kier alpha value is -1.69. The molecule has 0 bridgehead atoms. The highest BCUT2D eigenvalue weighted by atomic mass is 15.3. The minimum atomic E-state index is 0.779. The molecule has 2 aromatic heterocycles. The lowest BCUT2D eigenvalue weighted by Gasteiger charge is -2.04. The van der Waals surface area contributed by atoms with E-state index >= 15 is 0 Å². The summed E-state index contributed by atoms with van der Waals surface area (Å²) in [5, 5.41) is 11.2. The van der Waals surface area contributed by atoms with E-state index in [2.05, 4.69) is 25.1 Å². The summed E-state index contributed by atoms with van der Waals surface area (Å²) in [5.41, 5.74) is 0. The lowest BCUT2D eigenvalue weighted by molar-refractivity contribution is 0.556. The third kappa shape index (κ3) is 3.67. The largest absolute Gasteiger partial charge is 0.337 e. The van der Waals surface area contributed by atoms with Gasteiger partial charge in [0, 0.05) is 26.0 Å². The highest BCUT2D eigenvalue weighted by Gasteiger charge is 1.98. The van der Waals surface area contributed by atoms with E-state index < -0.39 is 0 Å². The molecule has 6 nitrogen and oxygen atoms in total. The Kier molecular flexibility index (Phi) is 4.26. The van der Waals surface area contributed by atoms with E-state index in [1.165, 1.54) is 0 Å². The van der Waals surface area contributed by atoms with Crippen LogP contribution >= 0.6 is 0 Å². The number of rotatable bonds is 7. The summed E-state index contributed by atoms with van der Waals surface area (Å²) in [6.45, 7) is 2.81. The molecule has 0 saturated heterocycles. The maximum atomic E-state index is 4.01. The minimum Gasteiger partial charge on any atom is -0.337 e. The quantitative estimate of drug-likeness (QED) is 0.712. The summed E-state index contributed by atoms with van der Waals surface area (Å²) in [6.07, 6.45) is 9.68. The fourth-order valence-corrected chi connectivity index (χ4v) is 1.63. The summed E-state index contributed by atoms with van der Waals surface area (Å²) in [4.78, 5) is 4.01. The Labute approximate surface area is 101 Å². The van der Waals surface area contributed by atoms with Crippen molar-refractivity contribution in [2.45, 2.75) is 25.9 Å². The van der Waals surface area contributed by atoms with Crippen molar-refractivity contribution in [3.63, 3.8) is 0 Å². The number of unbranched alkanes of at least 4 members (excludes halogenated alkanes) is 1. The van der Waals surface area contributed by atoms with Gasteiger partial charge in [0.05, 0.1) is 12.9 Å². The molecule has 2 aromatic rings. The summed E-state index contributed by atoms with van der Waals surface area (Å²) >= 11 is 0. The van der Waals surface area contributed by atoms with Crippen molar-refractivity contribution in [2.24, 2.45) is 7.05 Å². The van der Waals surface area contributed by atoms with Crippen LogP contribution in [-0.4, -0.2) is 30.9 Å². The average Bonchev–Trinajstić information content (AvgIpc) is 2.95. The van der Waals surface area contributed by atoms with Gasteiger partial charge in [-0.1, -0.05) is 0 Å². The monoisotopic (exact) mass is 234 g/mol. The highest BCUT2D eigenvalue weighted by Crippen LogP contribution is 1.95. The van der Waals surface area contributed by atoms with Crippen LogP contribution in [0.4, 0.5) is 0 Å². The Bertz CT molecular complexity index is 419. The Morgan fingerprint density at radius 1 is 1.29 bits per heavy atom. The van der Waals surface area contributed by atoms with E-state index in [0.29, 0.717) is 0 Å². The van der Waals surface area contributed by atoms with E-state index in [-0.39, 0.29) is 0 Å². The first-order valence-electron chi connectivity index (χ1n) is 5.85. The zero-order valence-corrected chi connectivity index (χ0v) is 10.1. The molecule has 0 fully saturated rings. The van der Waals surface area contributed by atoms with Crippen LogP contribution in [0.15, 0.2) is 25.0 Å². The maximum absolute atomic E-state index is 4.01. The summed E-state index contributed by atoms with van der Waals surface area (Å²) < 4.78 is 4.03. The van der Waals surface area contributed by atoms with Crippen LogP contribution in [-0.2, 0) is 20.1 Å². The number of nitrogens with zero attached hydrogens (tertiary/aromatic N) is 5. The van der Waals surface area contributed by atoms with E-state index in [4.69, 9.17) is 0 Å². The van der Waals surface area contributed by atoms with Crippen LogP contribution in [0.3, 0.4) is 0 Å². The lowest BCUT2D eigenvalue weighted by atomic mass is 10.3. The van der Waals surface area contributed by atoms with Crippen LogP contribution in [0.2, 0.25) is 0 Å². The number of aryl methyl sites for hydroxylation is 2. The molecule has 6 heteroatoms. The van der Waals surface area contributed by atoms with Crippen molar-refractivity contribution in [3.05, 3.63) is 30.9 Å². The standard InChI is InChI=1S/C11H18N6/c1-16-10-14-15-11(16)8-12-4-2-3-6-17-7-5-13-9-17/h5,7,9-10,12H,2-4,6,8H2,1H3. The number of nitrogens with one attached hydrogen (secondary N) is 1. The smallest absolute Gasteiger partial charge is 0.146 e. The van der Waals surface area contributed by atoms with Crippen molar-refractivity contribution in [2.75, 3.05) is 6.54 Å². The van der Waals surface area contributed by atoms with Gasteiger partial charge in [0.2, 0.25) is 0 Å². The van der Waals surface area contributed by atoms with E-state index in [1.807, 2.05) is 30.3 Å². The molecule has 2 heterocycles. The van der Waals surface area contributed by atoms with Gasteiger partial charge in [-0.05, 0) is 19.4 Å². The van der Waals surface area contributed by atoms with Crippen LogP contribution in [0.5, 0.6) is 0 Å². The topological polar surface area (TPSA) is 60.6 Å². The van der Waals surface area contributed by atoms with Gasteiger partial charge in [-0.3, -0.25) is 0 Å². The Morgan fingerprint density at radius 3 is 2.94 bits per heavy atom. The van der Waals surface area contributed by atoms with Crippen LogP contribution in [0, 0.1) is 0 Å². The molecule has 1 N–H and O–H groups in total. The predicted octanol–water partition coefficient (Wildman–Crippen LogP) is 0.582. The van der Waals surface area contributed by atoms with Crippen molar-refractivity contribution < 1.29 is 0 Å². The summed E-state index contributed by atoms with van der Waals surface area (Å²) in [7, 11) is 1.95. The fourth-order valence-electron chi connectivity index (χ4n) is 1.63. The van der Waals surface area contributed by atoms with Gasteiger partial charge in [-0.2, -0.15) is 0 Å². The zero-order valence-electron chi connectivity index (χ0n) is 10.1. The van der Waals surface area contributed by atoms with Crippen LogP contribution in [0.1, 0.15) is 18.7 Å². The molecule has 0 saturated carbocycles. The second-order valence-electron chi connectivity index (χ2n) is 4.04.